The molecule has 0 heterocycles. The fraction of sp³-hybridized carbons (Fsp3) is 0.250. The SMILES string of the molecule is CN(C)CCN(c1ccccc1NCCOc1ccc(Cl)cc1)S(=O)(=O)c1ccc(F)cc1.Cl. The van der Waals surface area contributed by atoms with Crippen LogP contribution in [0.2, 0.25) is 5.02 Å². The Morgan fingerprint density at radius 3 is 2.24 bits per heavy atom. The Hall–Kier alpha value is -2.52. The summed E-state index contributed by atoms with van der Waals surface area (Å²) < 4.78 is 47.4. The lowest BCUT2D eigenvalue weighted by Crippen LogP contribution is -2.37. The maximum absolute atomic E-state index is 13.5. The van der Waals surface area contributed by atoms with Crippen LogP contribution in [0.15, 0.2) is 77.7 Å². The molecule has 0 fully saturated rings. The summed E-state index contributed by atoms with van der Waals surface area (Å²) in [6.45, 7) is 1.57. The van der Waals surface area contributed by atoms with Crippen LogP contribution in [0, 0.1) is 5.82 Å². The summed E-state index contributed by atoms with van der Waals surface area (Å²) in [5, 5.41) is 3.90. The maximum Gasteiger partial charge on any atom is 0.264 e. The first kappa shape index (κ1) is 27.7. The zero-order valence-electron chi connectivity index (χ0n) is 18.9. The molecule has 0 aliphatic rings. The van der Waals surface area contributed by atoms with E-state index in [1.54, 1.807) is 36.4 Å². The van der Waals surface area contributed by atoms with E-state index in [-0.39, 0.29) is 23.8 Å². The number of halogens is 3. The molecule has 3 rings (SSSR count). The lowest BCUT2D eigenvalue weighted by atomic mass is 10.2. The highest BCUT2D eigenvalue weighted by molar-refractivity contribution is 7.92. The highest BCUT2D eigenvalue weighted by Crippen LogP contribution is 2.30. The van der Waals surface area contributed by atoms with Crippen LogP contribution in [0.1, 0.15) is 0 Å². The Morgan fingerprint density at radius 2 is 1.59 bits per heavy atom. The van der Waals surface area contributed by atoms with Gasteiger partial charge >= 0.3 is 0 Å². The van der Waals surface area contributed by atoms with E-state index in [4.69, 9.17) is 16.3 Å². The highest BCUT2D eigenvalue weighted by atomic mass is 35.5. The van der Waals surface area contributed by atoms with Crippen LogP contribution in [0.3, 0.4) is 0 Å². The topological polar surface area (TPSA) is 61.9 Å². The summed E-state index contributed by atoms with van der Waals surface area (Å²) in [5.41, 5.74) is 1.16. The average Bonchev–Trinajstić information content (AvgIpc) is 2.79. The van der Waals surface area contributed by atoms with Crippen LogP contribution in [-0.4, -0.2) is 53.7 Å². The smallest absolute Gasteiger partial charge is 0.264 e. The predicted molar refractivity (Wildman–Crippen MR) is 139 cm³/mol. The number of likely N-dealkylation sites (N-methyl/N-ethyl adjacent to an activating group) is 1. The third kappa shape index (κ3) is 7.50. The molecule has 0 unspecified atom stereocenters. The molecule has 1 N–H and O–H groups in total. The number of hydrogen-bond acceptors (Lipinski definition) is 5. The number of rotatable bonds is 11. The van der Waals surface area contributed by atoms with Crippen molar-refractivity contribution >= 4 is 45.4 Å². The molecule has 6 nitrogen and oxygen atoms in total. The fourth-order valence-electron chi connectivity index (χ4n) is 3.12. The summed E-state index contributed by atoms with van der Waals surface area (Å²) in [7, 11) is -0.159. The standard InChI is InChI=1S/C24H27ClFN3O3S.ClH/c1-28(2)16-17-29(33(30,31)22-13-9-20(26)10-14-22)24-6-4-3-5-23(24)27-15-18-32-21-11-7-19(25)8-12-21;/h3-14,27H,15-18H2,1-2H3;1H. The molecule has 10 heteroatoms. The molecule has 0 aliphatic carbocycles. The van der Waals surface area contributed by atoms with E-state index in [9.17, 15) is 12.8 Å². The summed E-state index contributed by atoms with van der Waals surface area (Å²) in [6.07, 6.45) is 0. The molecule has 0 saturated heterocycles. The number of nitrogens with zero attached hydrogens (tertiary/aromatic N) is 2. The number of sulfonamides is 1. The first-order valence-electron chi connectivity index (χ1n) is 10.4. The van der Waals surface area contributed by atoms with E-state index in [0.29, 0.717) is 41.8 Å². The number of anilines is 2. The van der Waals surface area contributed by atoms with Gasteiger partial charge < -0.3 is 15.0 Å². The van der Waals surface area contributed by atoms with Crippen molar-refractivity contribution in [2.24, 2.45) is 0 Å². The molecule has 3 aromatic carbocycles. The Morgan fingerprint density at radius 1 is 0.941 bits per heavy atom. The van der Waals surface area contributed by atoms with E-state index in [2.05, 4.69) is 5.32 Å². The minimum Gasteiger partial charge on any atom is -0.492 e. The van der Waals surface area contributed by atoms with Gasteiger partial charge in [0.15, 0.2) is 0 Å². The third-order valence-corrected chi connectivity index (χ3v) is 6.90. The Labute approximate surface area is 211 Å². The molecule has 0 amide bonds. The van der Waals surface area contributed by atoms with E-state index in [0.717, 1.165) is 12.1 Å². The minimum absolute atomic E-state index is 0. The summed E-state index contributed by atoms with van der Waals surface area (Å²) >= 11 is 5.89. The van der Waals surface area contributed by atoms with Gasteiger partial charge in [0.2, 0.25) is 0 Å². The van der Waals surface area contributed by atoms with Crippen LogP contribution in [-0.2, 0) is 10.0 Å². The second-order valence-corrected chi connectivity index (χ2v) is 9.88. The number of ether oxygens (including phenoxy) is 1. The lowest BCUT2D eigenvalue weighted by molar-refractivity contribution is 0.333. The third-order valence-electron chi connectivity index (χ3n) is 4.82. The molecule has 34 heavy (non-hydrogen) atoms. The largest absolute Gasteiger partial charge is 0.492 e. The van der Waals surface area contributed by atoms with Gasteiger partial charge in [-0.2, -0.15) is 0 Å². The number of hydrogen-bond donors (Lipinski definition) is 1. The van der Waals surface area contributed by atoms with Crippen molar-refractivity contribution in [3.05, 3.63) is 83.6 Å². The van der Waals surface area contributed by atoms with Crippen molar-refractivity contribution < 1.29 is 17.5 Å². The molecule has 0 bridgehead atoms. The molecule has 0 spiro atoms. The number of para-hydroxylation sites is 2. The molecule has 0 atom stereocenters. The number of nitrogens with one attached hydrogen (secondary N) is 1. The highest BCUT2D eigenvalue weighted by Gasteiger charge is 2.26. The van der Waals surface area contributed by atoms with Gasteiger partial charge in [-0.25, -0.2) is 12.8 Å². The molecule has 3 aromatic rings. The Balaban J connectivity index is 0.00000408. The molecular weight excluding hydrogens is 500 g/mol. The number of benzene rings is 3. The van der Waals surface area contributed by atoms with Crippen molar-refractivity contribution in [1.82, 2.24) is 4.90 Å². The monoisotopic (exact) mass is 527 g/mol. The quantitative estimate of drug-likeness (QED) is 0.349. The van der Waals surface area contributed by atoms with Gasteiger partial charge in [-0.05, 0) is 74.8 Å². The normalized spacial score (nSPS) is 11.1. The van der Waals surface area contributed by atoms with E-state index < -0.39 is 15.8 Å². The summed E-state index contributed by atoms with van der Waals surface area (Å²) in [6, 6.07) is 19.1. The zero-order valence-corrected chi connectivity index (χ0v) is 21.3. The van der Waals surface area contributed by atoms with Gasteiger partial charge in [0, 0.05) is 24.7 Å². The van der Waals surface area contributed by atoms with Gasteiger partial charge in [0.1, 0.15) is 18.2 Å². The van der Waals surface area contributed by atoms with Gasteiger partial charge in [0.05, 0.1) is 16.3 Å². The Kier molecular flexibility index (Phi) is 10.4. The van der Waals surface area contributed by atoms with Crippen LogP contribution < -0.4 is 14.4 Å². The van der Waals surface area contributed by atoms with Gasteiger partial charge in [-0.3, -0.25) is 4.31 Å². The molecule has 0 aliphatic heterocycles. The van der Waals surface area contributed by atoms with Crippen LogP contribution >= 0.6 is 24.0 Å². The molecular formula is C24H28Cl2FN3O3S. The van der Waals surface area contributed by atoms with Crippen molar-refractivity contribution in [1.29, 1.82) is 0 Å². The van der Waals surface area contributed by atoms with Gasteiger partial charge in [-0.15, -0.1) is 12.4 Å². The lowest BCUT2D eigenvalue weighted by Gasteiger charge is -2.28. The molecule has 184 valence electrons. The van der Waals surface area contributed by atoms with Crippen LogP contribution in [0.5, 0.6) is 5.75 Å². The van der Waals surface area contributed by atoms with E-state index in [1.807, 2.05) is 31.1 Å². The molecule has 0 aromatic heterocycles. The minimum atomic E-state index is -3.91. The summed E-state index contributed by atoms with van der Waals surface area (Å²) in [4.78, 5) is 1.94. The first-order chi connectivity index (χ1) is 15.8. The predicted octanol–water partition coefficient (Wildman–Crippen LogP) is 5.15. The first-order valence-corrected chi connectivity index (χ1v) is 12.2. The van der Waals surface area contributed by atoms with Crippen LogP contribution in [0.25, 0.3) is 0 Å². The molecule has 0 radical (unpaired) electrons. The maximum atomic E-state index is 13.5. The second kappa shape index (κ2) is 12.8. The molecule has 0 saturated carbocycles. The zero-order chi connectivity index (χ0) is 23.8. The van der Waals surface area contributed by atoms with Gasteiger partial charge in [0.25, 0.3) is 10.0 Å². The average molecular weight is 528 g/mol. The van der Waals surface area contributed by atoms with Gasteiger partial charge in [-0.1, -0.05) is 23.7 Å². The Bertz CT molecular complexity index is 1140. The van der Waals surface area contributed by atoms with Crippen LogP contribution in [0.4, 0.5) is 15.8 Å². The summed E-state index contributed by atoms with van der Waals surface area (Å²) in [5.74, 6) is 0.206. The van der Waals surface area contributed by atoms with Crippen molar-refractivity contribution in [2.75, 3.05) is 50.0 Å². The van der Waals surface area contributed by atoms with Crippen molar-refractivity contribution in [3.8, 4) is 5.75 Å². The fourth-order valence-corrected chi connectivity index (χ4v) is 4.72. The van der Waals surface area contributed by atoms with E-state index in [1.165, 1.54) is 16.4 Å². The van der Waals surface area contributed by atoms with Crippen molar-refractivity contribution in [2.45, 2.75) is 4.90 Å². The second-order valence-electron chi connectivity index (χ2n) is 7.58. The van der Waals surface area contributed by atoms with E-state index >= 15 is 0 Å². The van der Waals surface area contributed by atoms with Crippen molar-refractivity contribution in [3.63, 3.8) is 0 Å².